The molecule has 0 aliphatic rings. The quantitative estimate of drug-likeness (QED) is 0.723. The number of aromatic nitrogens is 3. The number of nitrogens with one attached hydrogen (secondary N) is 1. The van der Waals surface area contributed by atoms with Crippen molar-refractivity contribution in [2.24, 2.45) is 0 Å². The third-order valence-electron chi connectivity index (χ3n) is 4.07. The van der Waals surface area contributed by atoms with E-state index in [1.807, 2.05) is 31.3 Å². The number of nitrogen functional groups attached to an aromatic ring is 1. The van der Waals surface area contributed by atoms with E-state index in [9.17, 15) is 4.79 Å². The number of H-pyrrole nitrogens is 1. The van der Waals surface area contributed by atoms with E-state index in [2.05, 4.69) is 15.0 Å². The summed E-state index contributed by atoms with van der Waals surface area (Å²) in [4.78, 5) is 25.7. The molecule has 0 aliphatic heterocycles. The highest BCUT2D eigenvalue weighted by atomic mass is 16.2. The smallest absolute Gasteiger partial charge is 0.246 e. The summed E-state index contributed by atoms with van der Waals surface area (Å²) in [6.45, 7) is 1.98. The van der Waals surface area contributed by atoms with Crippen LogP contribution < -0.4 is 5.73 Å². The van der Waals surface area contributed by atoms with Gasteiger partial charge in [-0.1, -0.05) is 0 Å². The molecule has 0 fully saturated rings. The monoisotopic (exact) mass is 321 g/mol. The molecule has 0 bridgehead atoms. The Balaban J connectivity index is 1.76. The van der Waals surface area contributed by atoms with Crippen LogP contribution in [0.4, 0.5) is 5.82 Å². The van der Waals surface area contributed by atoms with Crippen LogP contribution in [0.25, 0.3) is 17.1 Å². The Bertz CT molecular complexity index is 882. The predicted molar refractivity (Wildman–Crippen MR) is 95.0 cm³/mol. The highest BCUT2D eigenvalue weighted by molar-refractivity contribution is 5.92. The van der Waals surface area contributed by atoms with Gasteiger partial charge in [0.05, 0.1) is 17.1 Å². The molecule has 6 heteroatoms. The number of amides is 1. The number of anilines is 1. The van der Waals surface area contributed by atoms with E-state index in [1.165, 1.54) is 6.08 Å². The van der Waals surface area contributed by atoms with Crippen LogP contribution in [0.1, 0.15) is 24.1 Å². The number of nitrogens with two attached hydrogens (primary N) is 1. The molecule has 0 radical (unpaired) electrons. The summed E-state index contributed by atoms with van der Waals surface area (Å²) in [5.41, 5.74) is 9.21. The zero-order valence-corrected chi connectivity index (χ0v) is 13.6. The van der Waals surface area contributed by atoms with E-state index in [1.54, 1.807) is 36.5 Å². The number of rotatable bonds is 4. The van der Waals surface area contributed by atoms with Crippen molar-refractivity contribution in [2.75, 3.05) is 12.8 Å². The molecule has 1 atom stereocenters. The van der Waals surface area contributed by atoms with Gasteiger partial charge in [0, 0.05) is 37.3 Å². The van der Waals surface area contributed by atoms with Gasteiger partial charge in [-0.2, -0.15) is 0 Å². The predicted octanol–water partition coefficient (Wildman–Crippen LogP) is 2.77. The van der Waals surface area contributed by atoms with E-state index in [-0.39, 0.29) is 11.9 Å². The lowest BCUT2D eigenvalue weighted by molar-refractivity contribution is -0.126. The Morgan fingerprint density at radius 1 is 1.33 bits per heavy atom. The van der Waals surface area contributed by atoms with Gasteiger partial charge in [-0.05, 0) is 42.8 Å². The number of aromatic amines is 1. The number of fused-ring (bicyclic) bond motifs is 1. The maximum atomic E-state index is 12.4. The number of nitrogens with zero attached hydrogens (tertiary/aromatic N) is 3. The number of hydrogen-bond donors (Lipinski definition) is 2. The molecular weight excluding hydrogens is 302 g/mol. The highest BCUT2D eigenvalue weighted by Crippen LogP contribution is 2.25. The van der Waals surface area contributed by atoms with Gasteiger partial charge < -0.3 is 15.6 Å². The molecule has 6 nitrogen and oxygen atoms in total. The first-order valence-corrected chi connectivity index (χ1v) is 7.64. The van der Waals surface area contributed by atoms with Crippen LogP contribution in [-0.2, 0) is 4.79 Å². The van der Waals surface area contributed by atoms with Crippen LogP contribution in [-0.4, -0.2) is 32.8 Å². The molecule has 3 aromatic rings. The van der Waals surface area contributed by atoms with E-state index >= 15 is 0 Å². The highest BCUT2D eigenvalue weighted by Gasteiger charge is 2.19. The molecule has 0 saturated heterocycles. The van der Waals surface area contributed by atoms with E-state index in [4.69, 9.17) is 5.73 Å². The fraction of sp³-hybridized carbons (Fsp3) is 0.167. The zero-order chi connectivity index (χ0) is 17.1. The Hall–Kier alpha value is -3.15. The summed E-state index contributed by atoms with van der Waals surface area (Å²) in [6.07, 6.45) is 8.55. The van der Waals surface area contributed by atoms with Crippen LogP contribution in [0.3, 0.4) is 0 Å². The maximum Gasteiger partial charge on any atom is 0.246 e. The lowest BCUT2D eigenvalue weighted by Crippen LogP contribution is -2.27. The molecule has 0 spiro atoms. The minimum Gasteiger partial charge on any atom is -0.384 e. The van der Waals surface area contributed by atoms with E-state index in [0.717, 1.165) is 22.2 Å². The van der Waals surface area contributed by atoms with Gasteiger partial charge in [0.15, 0.2) is 0 Å². The minimum absolute atomic E-state index is 0.0930. The molecule has 0 saturated carbocycles. The van der Waals surface area contributed by atoms with Crippen molar-refractivity contribution in [1.29, 1.82) is 0 Å². The van der Waals surface area contributed by atoms with Crippen molar-refractivity contribution >= 4 is 28.8 Å². The van der Waals surface area contributed by atoms with Crippen LogP contribution >= 0.6 is 0 Å². The van der Waals surface area contributed by atoms with Crippen molar-refractivity contribution < 1.29 is 4.79 Å². The molecule has 24 heavy (non-hydrogen) atoms. The standard InChI is InChI=1S/C18H19N5O/c1-12(14-11-21-15-4-3-9-20-18(14)15)23(2)17(24)8-6-13-5-7-16(19)22-10-13/h3-12,21H,1-2H3,(H2,19,22)/b8-6+. The van der Waals surface area contributed by atoms with Crippen LogP contribution in [0, 0.1) is 0 Å². The summed E-state index contributed by atoms with van der Waals surface area (Å²) >= 11 is 0. The van der Waals surface area contributed by atoms with Gasteiger partial charge in [-0.15, -0.1) is 0 Å². The topological polar surface area (TPSA) is 87.9 Å². The summed E-state index contributed by atoms with van der Waals surface area (Å²) in [6, 6.07) is 7.27. The second kappa shape index (κ2) is 6.54. The number of pyridine rings is 2. The molecule has 3 N–H and O–H groups in total. The lowest BCUT2D eigenvalue weighted by Gasteiger charge is -2.23. The molecular formula is C18H19N5O. The normalized spacial score (nSPS) is 12.6. The van der Waals surface area contributed by atoms with Crippen molar-refractivity contribution in [2.45, 2.75) is 13.0 Å². The van der Waals surface area contributed by atoms with Crippen molar-refractivity contribution in [1.82, 2.24) is 19.9 Å². The van der Waals surface area contributed by atoms with Crippen molar-refractivity contribution in [3.63, 3.8) is 0 Å². The SMILES string of the molecule is CC(c1c[nH]c2cccnc12)N(C)C(=O)/C=C/c1ccc(N)nc1. The molecule has 1 unspecified atom stereocenters. The van der Waals surface area contributed by atoms with Gasteiger partial charge in [0.2, 0.25) is 5.91 Å². The van der Waals surface area contributed by atoms with Crippen molar-refractivity contribution in [3.05, 3.63) is 60.1 Å². The van der Waals surface area contributed by atoms with Gasteiger partial charge in [0.1, 0.15) is 5.82 Å². The van der Waals surface area contributed by atoms with Gasteiger partial charge in [0.25, 0.3) is 0 Å². The van der Waals surface area contributed by atoms with Gasteiger partial charge in [-0.3, -0.25) is 9.78 Å². The van der Waals surface area contributed by atoms with Crippen LogP contribution in [0.15, 0.2) is 48.9 Å². The second-order valence-corrected chi connectivity index (χ2v) is 5.62. The number of carbonyl (C=O) groups is 1. The first kappa shape index (κ1) is 15.7. The van der Waals surface area contributed by atoms with Gasteiger partial charge in [-0.25, -0.2) is 4.98 Å². The molecule has 0 aliphatic carbocycles. The second-order valence-electron chi connectivity index (χ2n) is 5.62. The third kappa shape index (κ3) is 3.12. The summed E-state index contributed by atoms with van der Waals surface area (Å²) < 4.78 is 0. The fourth-order valence-corrected chi connectivity index (χ4v) is 2.49. The number of likely N-dealkylation sites (N-methyl/N-ethyl adjacent to an activating group) is 1. The first-order valence-electron chi connectivity index (χ1n) is 7.64. The molecule has 3 heterocycles. The minimum atomic E-state index is -0.102. The number of carbonyl (C=O) groups excluding carboxylic acids is 1. The lowest BCUT2D eigenvalue weighted by atomic mass is 10.1. The summed E-state index contributed by atoms with van der Waals surface area (Å²) in [7, 11) is 1.78. The number of hydrogen-bond acceptors (Lipinski definition) is 4. The molecule has 122 valence electrons. The van der Waals surface area contributed by atoms with Crippen LogP contribution in [0.5, 0.6) is 0 Å². The Morgan fingerprint density at radius 3 is 2.92 bits per heavy atom. The Kier molecular flexibility index (Phi) is 4.29. The van der Waals surface area contributed by atoms with Crippen LogP contribution in [0.2, 0.25) is 0 Å². The van der Waals surface area contributed by atoms with Crippen molar-refractivity contribution in [3.8, 4) is 0 Å². The van der Waals surface area contributed by atoms with E-state index in [0.29, 0.717) is 5.82 Å². The Morgan fingerprint density at radius 2 is 2.17 bits per heavy atom. The molecule has 3 rings (SSSR count). The Labute approximate surface area is 140 Å². The average molecular weight is 321 g/mol. The fourth-order valence-electron chi connectivity index (χ4n) is 2.49. The zero-order valence-electron chi connectivity index (χ0n) is 13.6. The average Bonchev–Trinajstić information content (AvgIpc) is 3.03. The third-order valence-corrected chi connectivity index (χ3v) is 4.07. The summed E-state index contributed by atoms with van der Waals surface area (Å²) in [5.74, 6) is 0.362. The maximum absolute atomic E-state index is 12.4. The molecule has 1 amide bonds. The largest absolute Gasteiger partial charge is 0.384 e. The van der Waals surface area contributed by atoms with E-state index < -0.39 is 0 Å². The summed E-state index contributed by atoms with van der Waals surface area (Å²) in [5, 5.41) is 0. The first-order chi connectivity index (χ1) is 11.6. The van der Waals surface area contributed by atoms with Gasteiger partial charge >= 0.3 is 0 Å². The molecule has 0 aromatic carbocycles. The molecule has 3 aromatic heterocycles.